The molecule has 0 aliphatic heterocycles. The first-order chi connectivity index (χ1) is 12.6. The van der Waals surface area contributed by atoms with Crippen molar-refractivity contribution < 1.29 is 13.7 Å². The molecule has 0 unspecified atom stereocenters. The molecule has 0 saturated heterocycles. The van der Waals surface area contributed by atoms with Crippen molar-refractivity contribution in [2.45, 2.75) is 12.3 Å². The van der Waals surface area contributed by atoms with Crippen LogP contribution in [0, 0.1) is 5.82 Å². The van der Waals surface area contributed by atoms with Crippen molar-refractivity contribution in [3.8, 4) is 11.4 Å². The molecule has 0 radical (unpaired) electrons. The van der Waals surface area contributed by atoms with E-state index in [0.717, 1.165) is 5.56 Å². The molecular weight excluding hydrogens is 377 g/mol. The summed E-state index contributed by atoms with van der Waals surface area (Å²) in [5, 5.41) is 6.94. The van der Waals surface area contributed by atoms with E-state index in [1.807, 2.05) is 30.3 Å². The third-order valence-corrected chi connectivity index (χ3v) is 4.79. The van der Waals surface area contributed by atoms with Gasteiger partial charge in [0.2, 0.25) is 17.6 Å². The maximum absolute atomic E-state index is 13.7. The van der Waals surface area contributed by atoms with Crippen molar-refractivity contribution in [2.75, 3.05) is 5.75 Å². The van der Waals surface area contributed by atoms with Crippen LogP contribution in [-0.4, -0.2) is 21.8 Å². The summed E-state index contributed by atoms with van der Waals surface area (Å²) in [6.45, 7) is 0.139. The van der Waals surface area contributed by atoms with Gasteiger partial charge in [-0.05, 0) is 12.1 Å². The molecule has 3 rings (SSSR count). The zero-order valence-corrected chi connectivity index (χ0v) is 15.2. The van der Waals surface area contributed by atoms with Crippen molar-refractivity contribution in [3.05, 3.63) is 70.8 Å². The molecule has 1 heterocycles. The molecule has 0 aliphatic carbocycles. The third-order valence-electron chi connectivity index (χ3n) is 3.48. The maximum atomic E-state index is 13.7. The fraction of sp³-hybridized carbons (Fsp3) is 0.167. The van der Waals surface area contributed by atoms with Gasteiger partial charge >= 0.3 is 0 Å². The molecule has 2 aromatic carbocycles. The quantitative estimate of drug-likeness (QED) is 0.657. The third kappa shape index (κ3) is 4.83. The molecule has 0 aliphatic rings. The zero-order valence-electron chi connectivity index (χ0n) is 13.6. The second-order valence-corrected chi connectivity index (χ2v) is 6.74. The Morgan fingerprint density at radius 1 is 1.19 bits per heavy atom. The summed E-state index contributed by atoms with van der Waals surface area (Å²) < 4.78 is 18.8. The van der Waals surface area contributed by atoms with Gasteiger partial charge in [0.1, 0.15) is 5.82 Å². The summed E-state index contributed by atoms with van der Waals surface area (Å²) in [5.41, 5.74) is 1.24. The first-order valence-electron chi connectivity index (χ1n) is 7.79. The van der Waals surface area contributed by atoms with E-state index in [1.165, 1.54) is 17.8 Å². The van der Waals surface area contributed by atoms with E-state index in [1.54, 1.807) is 12.1 Å². The van der Waals surface area contributed by atoms with Crippen molar-refractivity contribution in [2.24, 2.45) is 0 Å². The average molecular weight is 392 g/mol. The van der Waals surface area contributed by atoms with Crippen molar-refractivity contribution in [1.29, 1.82) is 0 Å². The van der Waals surface area contributed by atoms with Crippen molar-refractivity contribution in [3.63, 3.8) is 0 Å². The minimum atomic E-state index is -0.371. The van der Waals surface area contributed by atoms with Gasteiger partial charge in [0.15, 0.2) is 0 Å². The number of carbonyl (C=O) groups excluding carboxylic acids is 1. The molecule has 134 valence electrons. The highest BCUT2D eigenvalue weighted by atomic mass is 35.5. The summed E-state index contributed by atoms with van der Waals surface area (Å²) >= 11 is 7.23. The second-order valence-electron chi connectivity index (χ2n) is 5.35. The fourth-order valence-electron chi connectivity index (χ4n) is 2.17. The lowest BCUT2D eigenvalue weighted by atomic mass is 10.2. The lowest BCUT2D eigenvalue weighted by molar-refractivity contribution is -0.118. The number of nitrogens with zero attached hydrogens (tertiary/aromatic N) is 2. The highest BCUT2D eigenvalue weighted by molar-refractivity contribution is 7.99. The SMILES string of the molecule is O=C(CSCc1c(F)cccc1Cl)NCc1nc(-c2ccccc2)no1. The van der Waals surface area contributed by atoms with E-state index in [0.29, 0.717) is 28.1 Å². The van der Waals surface area contributed by atoms with Crippen LogP contribution < -0.4 is 5.32 Å². The fourth-order valence-corrected chi connectivity index (χ4v) is 3.37. The van der Waals surface area contributed by atoms with E-state index in [4.69, 9.17) is 16.1 Å². The van der Waals surface area contributed by atoms with Gasteiger partial charge < -0.3 is 9.84 Å². The van der Waals surface area contributed by atoms with Gasteiger partial charge in [0, 0.05) is 21.9 Å². The van der Waals surface area contributed by atoms with Crippen LogP contribution in [0.5, 0.6) is 0 Å². The Balaban J connectivity index is 1.45. The van der Waals surface area contributed by atoms with Gasteiger partial charge in [-0.3, -0.25) is 4.79 Å². The number of halogens is 2. The summed E-state index contributed by atoms with van der Waals surface area (Å²) in [5.74, 6) is 0.700. The lowest BCUT2D eigenvalue weighted by Gasteiger charge is -2.06. The van der Waals surface area contributed by atoms with Crippen LogP contribution in [0.3, 0.4) is 0 Å². The molecular formula is C18H15ClFN3O2S. The molecule has 1 amide bonds. The van der Waals surface area contributed by atoms with Gasteiger partial charge in [-0.15, -0.1) is 11.8 Å². The van der Waals surface area contributed by atoms with Crippen LogP contribution in [0.1, 0.15) is 11.5 Å². The normalized spacial score (nSPS) is 10.7. The van der Waals surface area contributed by atoms with Crippen LogP contribution in [0.15, 0.2) is 53.1 Å². The number of aromatic nitrogens is 2. The minimum Gasteiger partial charge on any atom is -0.346 e. The van der Waals surface area contributed by atoms with Crippen LogP contribution >= 0.6 is 23.4 Å². The molecule has 3 aromatic rings. The summed E-state index contributed by atoms with van der Waals surface area (Å²) in [4.78, 5) is 16.1. The minimum absolute atomic E-state index is 0.139. The molecule has 0 bridgehead atoms. The molecule has 5 nitrogen and oxygen atoms in total. The maximum Gasteiger partial charge on any atom is 0.246 e. The Hall–Kier alpha value is -2.38. The molecule has 0 spiro atoms. The highest BCUT2D eigenvalue weighted by Gasteiger charge is 2.11. The number of thioether (sulfide) groups is 1. The Morgan fingerprint density at radius 3 is 2.77 bits per heavy atom. The van der Waals surface area contributed by atoms with Gasteiger partial charge in [0.05, 0.1) is 12.3 Å². The van der Waals surface area contributed by atoms with Crippen LogP contribution in [0.25, 0.3) is 11.4 Å². The zero-order chi connectivity index (χ0) is 18.4. The lowest BCUT2D eigenvalue weighted by Crippen LogP contribution is -2.24. The predicted octanol–water partition coefficient (Wildman–Crippen LogP) is 4.08. The van der Waals surface area contributed by atoms with E-state index in [9.17, 15) is 9.18 Å². The highest BCUT2D eigenvalue weighted by Crippen LogP contribution is 2.23. The Kier molecular flexibility index (Phi) is 6.25. The number of benzene rings is 2. The topological polar surface area (TPSA) is 68.0 Å². The number of rotatable bonds is 7. The van der Waals surface area contributed by atoms with Crippen LogP contribution in [0.2, 0.25) is 5.02 Å². The number of hydrogen-bond donors (Lipinski definition) is 1. The molecule has 0 atom stereocenters. The number of hydrogen-bond acceptors (Lipinski definition) is 5. The standard InChI is InChI=1S/C18H15ClFN3O2S/c19-14-7-4-8-15(20)13(14)10-26-11-16(24)21-9-17-22-18(23-25-17)12-5-2-1-3-6-12/h1-8H,9-11H2,(H,21,24). The van der Waals surface area contributed by atoms with E-state index >= 15 is 0 Å². The molecule has 26 heavy (non-hydrogen) atoms. The number of nitrogens with one attached hydrogen (secondary N) is 1. The van der Waals surface area contributed by atoms with Crippen LogP contribution in [-0.2, 0) is 17.1 Å². The molecule has 0 saturated carbocycles. The number of carbonyl (C=O) groups is 1. The first kappa shape index (κ1) is 18.4. The summed E-state index contributed by atoms with van der Waals surface area (Å²) in [6.07, 6.45) is 0. The average Bonchev–Trinajstić information content (AvgIpc) is 3.12. The largest absolute Gasteiger partial charge is 0.346 e. The smallest absolute Gasteiger partial charge is 0.246 e. The van der Waals surface area contributed by atoms with Gasteiger partial charge in [-0.1, -0.05) is 53.2 Å². The van der Waals surface area contributed by atoms with Crippen LogP contribution in [0.4, 0.5) is 4.39 Å². The second kappa shape index (κ2) is 8.82. The van der Waals surface area contributed by atoms with Crippen molar-refractivity contribution in [1.82, 2.24) is 15.5 Å². The predicted molar refractivity (Wildman–Crippen MR) is 99.2 cm³/mol. The van der Waals surface area contributed by atoms with Gasteiger partial charge in [-0.2, -0.15) is 4.98 Å². The first-order valence-corrected chi connectivity index (χ1v) is 9.32. The van der Waals surface area contributed by atoms with E-state index < -0.39 is 0 Å². The van der Waals surface area contributed by atoms with E-state index in [2.05, 4.69) is 15.5 Å². The number of amides is 1. The molecule has 1 N–H and O–H groups in total. The molecule has 1 aromatic heterocycles. The summed E-state index contributed by atoms with van der Waals surface area (Å²) in [7, 11) is 0. The van der Waals surface area contributed by atoms with Gasteiger partial charge in [-0.25, -0.2) is 4.39 Å². The molecule has 0 fully saturated rings. The van der Waals surface area contributed by atoms with Gasteiger partial charge in [0.25, 0.3) is 0 Å². The Labute approximate surface area is 158 Å². The Morgan fingerprint density at radius 2 is 2.00 bits per heavy atom. The Bertz CT molecular complexity index is 869. The summed E-state index contributed by atoms with van der Waals surface area (Å²) in [6, 6.07) is 13.9. The van der Waals surface area contributed by atoms with Crippen molar-refractivity contribution >= 4 is 29.3 Å². The monoisotopic (exact) mass is 391 g/mol. The molecule has 8 heteroatoms. The van der Waals surface area contributed by atoms with E-state index in [-0.39, 0.29) is 24.0 Å².